The second kappa shape index (κ2) is 7.75. The molecule has 0 radical (unpaired) electrons. The maximum Gasteiger partial charge on any atom is 0.309 e. The second-order valence-corrected chi connectivity index (χ2v) is 8.46. The zero-order valence-electron chi connectivity index (χ0n) is 14.8. The van der Waals surface area contributed by atoms with E-state index in [0.29, 0.717) is 38.1 Å². The molecule has 3 rings (SSSR count). The molecule has 0 bridgehead atoms. The fraction of sp³-hybridized carbons (Fsp3) is 0.556. The molecule has 7 nitrogen and oxygen atoms in total. The van der Waals surface area contributed by atoms with Gasteiger partial charge in [-0.15, -0.1) is 0 Å². The molecule has 1 saturated heterocycles. The van der Waals surface area contributed by atoms with Crippen LogP contribution in [0.3, 0.4) is 0 Å². The predicted molar refractivity (Wildman–Crippen MR) is 95.0 cm³/mol. The summed E-state index contributed by atoms with van der Waals surface area (Å²) < 4.78 is 32.3. The van der Waals surface area contributed by atoms with Crippen LogP contribution in [0.2, 0.25) is 0 Å². The van der Waals surface area contributed by atoms with Crippen LogP contribution in [0.4, 0.5) is 0 Å². The van der Waals surface area contributed by atoms with Gasteiger partial charge in [-0.1, -0.05) is 6.07 Å². The lowest BCUT2D eigenvalue weighted by Gasteiger charge is -2.31. The van der Waals surface area contributed by atoms with Gasteiger partial charge < -0.3 is 9.64 Å². The van der Waals surface area contributed by atoms with Crippen molar-refractivity contribution in [2.75, 3.05) is 19.7 Å². The smallest absolute Gasteiger partial charge is 0.309 e. The Morgan fingerprint density at radius 1 is 1.19 bits per heavy atom. The number of ether oxygens (including phenoxy) is 1. The number of nitrogens with one attached hydrogen (secondary N) is 1. The van der Waals surface area contributed by atoms with Crippen LogP contribution in [0.1, 0.15) is 43.0 Å². The molecule has 1 N–H and O–H groups in total. The minimum Gasteiger partial charge on any atom is -0.466 e. The van der Waals surface area contributed by atoms with E-state index < -0.39 is 10.0 Å². The molecule has 1 aliphatic carbocycles. The van der Waals surface area contributed by atoms with Gasteiger partial charge >= 0.3 is 5.97 Å². The van der Waals surface area contributed by atoms with Crippen molar-refractivity contribution in [1.29, 1.82) is 0 Å². The Kier molecular flexibility index (Phi) is 5.62. The molecule has 0 aromatic heterocycles. The number of rotatable bonds is 6. The number of carbonyl (C=O) groups excluding carboxylic acids is 2. The second-order valence-electron chi connectivity index (χ2n) is 6.74. The zero-order valence-corrected chi connectivity index (χ0v) is 15.6. The van der Waals surface area contributed by atoms with Gasteiger partial charge in [-0.2, -0.15) is 0 Å². The summed E-state index contributed by atoms with van der Waals surface area (Å²) in [6, 6.07) is 6.14. The molecular formula is C18H24N2O5S. The minimum atomic E-state index is -3.59. The van der Waals surface area contributed by atoms with Crippen molar-refractivity contribution in [2.45, 2.75) is 43.5 Å². The molecule has 0 unspecified atom stereocenters. The molecular weight excluding hydrogens is 356 g/mol. The van der Waals surface area contributed by atoms with Gasteiger partial charge in [0, 0.05) is 24.7 Å². The van der Waals surface area contributed by atoms with Gasteiger partial charge in [0.05, 0.1) is 17.4 Å². The van der Waals surface area contributed by atoms with Gasteiger partial charge in [-0.25, -0.2) is 13.1 Å². The monoisotopic (exact) mass is 380 g/mol. The Balaban J connectivity index is 1.65. The molecule has 1 aromatic carbocycles. The van der Waals surface area contributed by atoms with Crippen molar-refractivity contribution in [1.82, 2.24) is 9.62 Å². The molecule has 2 fully saturated rings. The summed E-state index contributed by atoms with van der Waals surface area (Å²) >= 11 is 0. The quantitative estimate of drug-likeness (QED) is 0.756. The molecule has 1 saturated carbocycles. The lowest BCUT2D eigenvalue weighted by molar-refractivity contribution is -0.149. The highest BCUT2D eigenvalue weighted by Gasteiger charge is 2.30. The molecule has 26 heavy (non-hydrogen) atoms. The van der Waals surface area contributed by atoms with Gasteiger partial charge in [-0.3, -0.25) is 9.59 Å². The van der Waals surface area contributed by atoms with Crippen molar-refractivity contribution in [2.24, 2.45) is 5.92 Å². The third kappa shape index (κ3) is 4.42. The number of amides is 1. The number of piperidine rings is 1. The van der Waals surface area contributed by atoms with E-state index in [0.717, 1.165) is 12.8 Å². The molecule has 0 atom stereocenters. The van der Waals surface area contributed by atoms with E-state index >= 15 is 0 Å². The third-order valence-electron chi connectivity index (χ3n) is 4.69. The highest BCUT2D eigenvalue weighted by atomic mass is 32.2. The first-order chi connectivity index (χ1) is 12.4. The Morgan fingerprint density at radius 2 is 1.88 bits per heavy atom. The molecule has 1 heterocycles. The molecule has 2 aliphatic rings. The van der Waals surface area contributed by atoms with Gasteiger partial charge in [0.2, 0.25) is 10.0 Å². The first-order valence-corrected chi connectivity index (χ1v) is 10.5. The lowest BCUT2D eigenvalue weighted by Crippen LogP contribution is -2.40. The summed E-state index contributed by atoms with van der Waals surface area (Å²) in [5.41, 5.74) is 0.346. The van der Waals surface area contributed by atoms with E-state index in [1.807, 2.05) is 0 Å². The van der Waals surface area contributed by atoms with Gasteiger partial charge in [-0.05, 0) is 50.8 Å². The normalized spacial score (nSPS) is 18.6. The molecule has 1 aliphatic heterocycles. The molecule has 1 amide bonds. The van der Waals surface area contributed by atoms with Gasteiger partial charge in [0.15, 0.2) is 0 Å². The van der Waals surface area contributed by atoms with Crippen LogP contribution in [0, 0.1) is 5.92 Å². The zero-order chi connectivity index (χ0) is 18.7. The summed E-state index contributed by atoms with van der Waals surface area (Å²) in [7, 11) is -3.59. The number of likely N-dealkylation sites (tertiary alicyclic amines) is 1. The lowest BCUT2D eigenvalue weighted by atomic mass is 9.96. The highest BCUT2D eigenvalue weighted by molar-refractivity contribution is 7.89. The maximum absolute atomic E-state index is 12.7. The van der Waals surface area contributed by atoms with Crippen molar-refractivity contribution in [3.8, 4) is 0 Å². The van der Waals surface area contributed by atoms with Crippen LogP contribution in [0.25, 0.3) is 0 Å². The Labute approximate surface area is 153 Å². The summed E-state index contributed by atoms with van der Waals surface area (Å²) in [6.07, 6.45) is 2.83. The number of hydrogen-bond acceptors (Lipinski definition) is 5. The molecule has 0 spiro atoms. The summed E-state index contributed by atoms with van der Waals surface area (Å²) in [4.78, 5) is 26.3. The number of esters is 1. The van der Waals surface area contributed by atoms with E-state index in [1.54, 1.807) is 24.0 Å². The Morgan fingerprint density at radius 3 is 2.50 bits per heavy atom. The van der Waals surface area contributed by atoms with Crippen LogP contribution >= 0.6 is 0 Å². The van der Waals surface area contributed by atoms with Crippen LogP contribution in [0.15, 0.2) is 29.2 Å². The average molecular weight is 380 g/mol. The van der Waals surface area contributed by atoms with Crippen LogP contribution < -0.4 is 4.72 Å². The number of nitrogens with zero attached hydrogens (tertiary/aromatic N) is 1. The van der Waals surface area contributed by atoms with Gasteiger partial charge in [0.25, 0.3) is 5.91 Å². The fourth-order valence-corrected chi connectivity index (χ4v) is 4.40. The maximum atomic E-state index is 12.7. The highest BCUT2D eigenvalue weighted by Crippen LogP contribution is 2.24. The molecule has 1 aromatic rings. The van der Waals surface area contributed by atoms with E-state index in [2.05, 4.69) is 4.72 Å². The first kappa shape index (κ1) is 18.8. The van der Waals surface area contributed by atoms with Crippen molar-refractivity contribution in [3.05, 3.63) is 29.8 Å². The SMILES string of the molecule is CCOC(=O)C1CCN(C(=O)c2cccc(S(=O)(=O)NC3CC3)c2)CC1. The Bertz CT molecular complexity index is 781. The third-order valence-corrected chi connectivity index (χ3v) is 6.21. The summed E-state index contributed by atoms with van der Waals surface area (Å²) in [6.45, 7) is 3.04. The first-order valence-electron chi connectivity index (χ1n) is 8.99. The number of carbonyl (C=O) groups is 2. The summed E-state index contributed by atoms with van der Waals surface area (Å²) in [5.74, 6) is -0.594. The van der Waals surface area contributed by atoms with E-state index in [-0.39, 0.29) is 28.7 Å². The predicted octanol–water partition coefficient (Wildman–Crippen LogP) is 1.54. The van der Waals surface area contributed by atoms with E-state index in [1.165, 1.54) is 12.1 Å². The van der Waals surface area contributed by atoms with Gasteiger partial charge in [0.1, 0.15) is 0 Å². The van der Waals surface area contributed by atoms with Crippen LogP contribution in [-0.4, -0.2) is 50.9 Å². The van der Waals surface area contributed by atoms with Crippen molar-refractivity contribution < 1.29 is 22.7 Å². The standard InChI is InChI=1S/C18H24N2O5S/c1-2-25-18(22)13-8-10-20(11-9-13)17(21)14-4-3-5-16(12-14)26(23,24)19-15-6-7-15/h3-5,12-13,15,19H,2,6-11H2,1H3. The van der Waals surface area contributed by atoms with E-state index in [4.69, 9.17) is 4.74 Å². The van der Waals surface area contributed by atoms with Crippen molar-refractivity contribution >= 4 is 21.9 Å². The fourth-order valence-electron chi connectivity index (χ4n) is 3.05. The average Bonchev–Trinajstić information content (AvgIpc) is 3.45. The minimum absolute atomic E-state index is 0.0151. The summed E-state index contributed by atoms with van der Waals surface area (Å²) in [5, 5.41) is 0. The Hall–Kier alpha value is -1.93. The van der Waals surface area contributed by atoms with Crippen LogP contribution in [-0.2, 0) is 19.6 Å². The number of sulfonamides is 1. The number of benzene rings is 1. The molecule has 8 heteroatoms. The number of hydrogen-bond donors (Lipinski definition) is 1. The van der Waals surface area contributed by atoms with Crippen LogP contribution in [0.5, 0.6) is 0 Å². The van der Waals surface area contributed by atoms with Crippen molar-refractivity contribution in [3.63, 3.8) is 0 Å². The van der Waals surface area contributed by atoms with E-state index in [9.17, 15) is 18.0 Å². The largest absolute Gasteiger partial charge is 0.466 e. The topological polar surface area (TPSA) is 92.8 Å². The molecule has 142 valence electrons.